The Hall–Kier alpha value is -3.12. The summed E-state index contributed by atoms with van der Waals surface area (Å²) in [5.74, 6) is -0.207. The molecule has 1 N–H and O–H groups in total. The second-order valence-corrected chi connectivity index (χ2v) is 6.74. The van der Waals surface area contributed by atoms with Gasteiger partial charge in [0.2, 0.25) is 5.91 Å². The highest BCUT2D eigenvalue weighted by atomic mass is 35.5. The van der Waals surface area contributed by atoms with Crippen LogP contribution in [0.5, 0.6) is 0 Å². The zero-order valence-corrected chi connectivity index (χ0v) is 16.0. The fraction of sp³-hybridized carbons (Fsp3) is 0.190. The molecule has 0 aliphatic rings. The van der Waals surface area contributed by atoms with Gasteiger partial charge in [-0.25, -0.2) is 0 Å². The van der Waals surface area contributed by atoms with Gasteiger partial charge in [-0.05, 0) is 29.8 Å². The minimum Gasteiger partial charge on any atom is -0.352 e. The molecule has 1 aromatic heterocycles. The lowest BCUT2D eigenvalue weighted by molar-refractivity contribution is -0.121. The highest BCUT2D eigenvalue weighted by Gasteiger charge is 2.13. The highest BCUT2D eigenvalue weighted by Crippen LogP contribution is 2.11. The van der Waals surface area contributed by atoms with Crippen LogP contribution in [0.3, 0.4) is 0 Å². The van der Waals surface area contributed by atoms with E-state index < -0.39 is 11.1 Å². The van der Waals surface area contributed by atoms with Crippen molar-refractivity contribution in [3.05, 3.63) is 92.5 Å². The average molecular weight is 398 g/mol. The molecule has 0 saturated carbocycles. The molecular formula is C21H20ClN3O3. The van der Waals surface area contributed by atoms with Gasteiger partial charge in [0.15, 0.2) is 0 Å². The van der Waals surface area contributed by atoms with Crippen molar-refractivity contribution in [2.75, 3.05) is 0 Å². The van der Waals surface area contributed by atoms with Gasteiger partial charge in [0.05, 0.1) is 11.0 Å². The summed E-state index contributed by atoms with van der Waals surface area (Å²) in [5.41, 5.74) is 0.895. The molecule has 0 saturated heterocycles. The molecule has 1 heterocycles. The van der Waals surface area contributed by atoms with Crippen LogP contribution in [0.1, 0.15) is 12.0 Å². The number of nitrogens with zero attached hydrogens (tertiary/aromatic N) is 2. The lowest BCUT2D eigenvalue weighted by atomic mass is 10.2. The Bertz CT molecular complexity index is 1130. The number of hydrogen-bond donors (Lipinski definition) is 1. The van der Waals surface area contributed by atoms with Gasteiger partial charge in [-0.2, -0.15) is 0 Å². The molecule has 0 aliphatic carbocycles. The van der Waals surface area contributed by atoms with E-state index in [-0.39, 0.29) is 25.4 Å². The van der Waals surface area contributed by atoms with E-state index >= 15 is 0 Å². The van der Waals surface area contributed by atoms with Gasteiger partial charge in [0, 0.05) is 31.1 Å². The number of amides is 1. The summed E-state index contributed by atoms with van der Waals surface area (Å²) >= 11 is 5.85. The van der Waals surface area contributed by atoms with Crippen molar-refractivity contribution < 1.29 is 4.79 Å². The molecule has 0 unspecified atom stereocenters. The molecule has 0 radical (unpaired) electrons. The minimum atomic E-state index is -0.647. The average Bonchev–Trinajstić information content (AvgIpc) is 2.71. The van der Waals surface area contributed by atoms with Crippen molar-refractivity contribution in [2.45, 2.75) is 26.1 Å². The second-order valence-electron chi connectivity index (χ2n) is 6.30. The standard InChI is InChI=1S/C21H20ClN3O3/c1-2-12-24-17-5-3-4-6-18(17)25(21(28)20(24)27)13-11-19(26)23-14-15-7-9-16(22)10-8-15/h2-10H,1,11-14H2,(H,23,26). The number of allylic oxidation sites excluding steroid dienone is 1. The van der Waals surface area contributed by atoms with E-state index in [1.54, 1.807) is 42.5 Å². The monoisotopic (exact) mass is 397 g/mol. The van der Waals surface area contributed by atoms with Crippen LogP contribution in [0.15, 0.2) is 70.8 Å². The van der Waals surface area contributed by atoms with E-state index in [4.69, 9.17) is 11.6 Å². The highest BCUT2D eigenvalue weighted by molar-refractivity contribution is 6.30. The van der Waals surface area contributed by atoms with Gasteiger partial charge in [-0.3, -0.25) is 19.0 Å². The molecule has 144 valence electrons. The maximum Gasteiger partial charge on any atom is 0.317 e. The number of nitrogens with one attached hydrogen (secondary N) is 1. The Morgan fingerprint density at radius 2 is 1.61 bits per heavy atom. The number of aryl methyl sites for hydroxylation is 1. The number of hydrogen-bond acceptors (Lipinski definition) is 3. The van der Waals surface area contributed by atoms with Gasteiger partial charge in [0.25, 0.3) is 0 Å². The molecule has 3 aromatic rings. The number of aromatic nitrogens is 2. The molecule has 6 nitrogen and oxygen atoms in total. The minimum absolute atomic E-state index is 0.0857. The molecule has 2 aromatic carbocycles. The number of fused-ring (bicyclic) bond motifs is 1. The molecule has 0 bridgehead atoms. The maximum absolute atomic E-state index is 12.6. The molecule has 1 amide bonds. The number of para-hydroxylation sites is 2. The molecular weight excluding hydrogens is 378 g/mol. The Morgan fingerprint density at radius 3 is 2.25 bits per heavy atom. The van der Waals surface area contributed by atoms with Gasteiger partial charge in [0.1, 0.15) is 0 Å². The van der Waals surface area contributed by atoms with Crippen LogP contribution >= 0.6 is 11.6 Å². The number of carbonyl (C=O) groups is 1. The summed E-state index contributed by atoms with van der Waals surface area (Å²) in [6.07, 6.45) is 1.66. The van der Waals surface area contributed by atoms with Crippen LogP contribution in [0.25, 0.3) is 11.0 Å². The lowest BCUT2D eigenvalue weighted by Crippen LogP contribution is -2.42. The van der Waals surface area contributed by atoms with Crippen LogP contribution < -0.4 is 16.4 Å². The summed E-state index contributed by atoms with van der Waals surface area (Å²) in [6, 6.07) is 14.3. The van der Waals surface area contributed by atoms with E-state index in [2.05, 4.69) is 11.9 Å². The van der Waals surface area contributed by atoms with Crippen molar-refractivity contribution >= 4 is 28.5 Å². The molecule has 0 spiro atoms. The van der Waals surface area contributed by atoms with E-state index in [0.29, 0.717) is 22.6 Å². The number of carbonyl (C=O) groups excluding carboxylic acids is 1. The molecule has 0 fully saturated rings. The van der Waals surface area contributed by atoms with Gasteiger partial charge in [-0.1, -0.05) is 41.9 Å². The molecule has 0 atom stereocenters. The predicted molar refractivity (Wildman–Crippen MR) is 111 cm³/mol. The molecule has 3 rings (SSSR count). The van der Waals surface area contributed by atoms with Crippen molar-refractivity contribution in [3.8, 4) is 0 Å². The zero-order valence-electron chi connectivity index (χ0n) is 15.2. The van der Waals surface area contributed by atoms with Crippen LogP contribution in [-0.2, 0) is 24.4 Å². The predicted octanol–water partition coefficient (Wildman–Crippen LogP) is 2.71. The van der Waals surface area contributed by atoms with E-state index in [9.17, 15) is 14.4 Å². The van der Waals surface area contributed by atoms with Crippen LogP contribution in [0, 0.1) is 0 Å². The van der Waals surface area contributed by atoms with Crippen LogP contribution in [0.4, 0.5) is 0 Å². The third-order valence-electron chi connectivity index (χ3n) is 4.41. The van der Waals surface area contributed by atoms with E-state index in [1.165, 1.54) is 9.13 Å². The Labute approximate surface area is 166 Å². The summed E-state index contributed by atoms with van der Waals surface area (Å²) in [5, 5.41) is 3.44. The normalized spacial score (nSPS) is 10.8. The fourth-order valence-corrected chi connectivity index (χ4v) is 3.13. The summed E-state index contributed by atoms with van der Waals surface area (Å²) in [4.78, 5) is 37.2. The Kier molecular flexibility index (Phi) is 6.11. The maximum atomic E-state index is 12.6. The van der Waals surface area contributed by atoms with E-state index in [1.807, 2.05) is 12.1 Å². The third kappa shape index (κ3) is 4.23. The van der Waals surface area contributed by atoms with Crippen molar-refractivity contribution in [1.29, 1.82) is 0 Å². The second kappa shape index (κ2) is 8.71. The van der Waals surface area contributed by atoms with Crippen LogP contribution in [-0.4, -0.2) is 15.0 Å². The van der Waals surface area contributed by atoms with Gasteiger partial charge < -0.3 is 9.88 Å². The Morgan fingerprint density at radius 1 is 1.00 bits per heavy atom. The zero-order chi connectivity index (χ0) is 20.1. The smallest absolute Gasteiger partial charge is 0.317 e. The summed E-state index contributed by atoms with van der Waals surface area (Å²) in [7, 11) is 0. The van der Waals surface area contributed by atoms with Crippen LogP contribution in [0.2, 0.25) is 5.02 Å². The molecule has 0 aliphatic heterocycles. The van der Waals surface area contributed by atoms with Crippen molar-refractivity contribution in [3.63, 3.8) is 0 Å². The topological polar surface area (TPSA) is 73.1 Å². The molecule has 7 heteroatoms. The van der Waals surface area contributed by atoms with Gasteiger partial charge in [-0.15, -0.1) is 6.58 Å². The first-order valence-electron chi connectivity index (χ1n) is 8.85. The number of rotatable bonds is 7. The van der Waals surface area contributed by atoms with Crippen molar-refractivity contribution in [2.24, 2.45) is 0 Å². The summed E-state index contributed by atoms with van der Waals surface area (Å²) in [6.45, 7) is 4.37. The lowest BCUT2D eigenvalue weighted by Gasteiger charge is -2.14. The molecule has 28 heavy (non-hydrogen) atoms. The van der Waals surface area contributed by atoms with E-state index in [0.717, 1.165) is 5.56 Å². The Balaban J connectivity index is 1.78. The first-order valence-corrected chi connectivity index (χ1v) is 9.23. The largest absolute Gasteiger partial charge is 0.352 e. The SMILES string of the molecule is C=CCn1c(=O)c(=O)n(CCC(=O)NCc2ccc(Cl)cc2)c2ccccc21. The van der Waals surface area contributed by atoms with Gasteiger partial charge >= 0.3 is 11.1 Å². The number of halogens is 1. The fourth-order valence-electron chi connectivity index (χ4n) is 3.01. The first-order chi connectivity index (χ1) is 13.5. The van der Waals surface area contributed by atoms with Crippen molar-refractivity contribution in [1.82, 2.24) is 14.5 Å². The first kappa shape index (κ1) is 19.6. The number of benzene rings is 2. The summed E-state index contributed by atoms with van der Waals surface area (Å²) < 4.78 is 2.75. The quantitative estimate of drug-likeness (QED) is 0.492. The third-order valence-corrected chi connectivity index (χ3v) is 4.67.